The minimum atomic E-state index is -1.41. The highest BCUT2D eigenvalue weighted by Gasteiger charge is 2.24. The number of aliphatic carboxylic acids is 1. The van der Waals surface area contributed by atoms with Gasteiger partial charge in [-0.05, 0) is 0 Å². The van der Waals surface area contributed by atoms with E-state index in [9.17, 15) is 14.4 Å². The van der Waals surface area contributed by atoms with E-state index in [1.54, 1.807) is 0 Å². The number of nitrogens with zero attached hydrogens (tertiary/aromatic N) is 2. The van der Waals surface area contributed by atoms with Gasteiger partial charge in [-0.25, -0.2) is 14.8 Å². The van der Waals surface area contributed by atoms with Crippen LogP contribution < -0.4 is 5.32 Å². The maximum absolute atomic E-state index is 11.7. The number of hydrogen-bond donors (Lipinski definition) is 2. The van der Waals surface area contributed by atoms with E-state index >= 15 is 0 Å². The molecular weight excluding hydrogens is 278 g/mol. The van der Waals surface area contributed by atoms with Crippen molar-refractivity contribution in [3.05, 3.63) is 23.2 Å². The summed E-state index contributed by atoms with van der Waals surface area (Å²) in [6.07, 6.45) is 1.75. The molecule has 0 saturated carbocycles. The lowest BCUT2D eigenvalue weighted by atomic mass is 10.2. The molecule has 0 saturated heterocycles. The molecule has 102 valence electrons. The van der Waals surface area contributed by atoms with E-state index in [1.165, 1.54) is 0 Å². The summed E-state index contributed by atoms with van der Waals surface area (Å²) in [7, 11) is 1.12. The maximum atomic E-state index is 11.7. The third-order valence-corrected chi connectivity index (χ3v) is 2.25. The summed E-state index contributed by atoms with van der Waals surface area (Å²) < 4.78 is 4.33. The van der Waals surface area contributed by atoms with E-state index in [-0.39, 0.29) is 10.8 Å². The highest BCUT2D eigenvalue weighted by molar-refractivity contribution is 6.29. The second kappa shape index (κ2) is 6.64. The standard InChI is InChI=1S/C10H10ClN3O5/c1-19-8(15)2-5(10(17)18)14-9(16)6-3-13-7(11)4-12-6/h3-5H,2H2,1H3,(H,14,16)(H,17,18)/t5-/m0/s1. The number of halogens is 1. The number of carboxylic acid groups (broad SMARTS) is 1. The summed E-state index contributed by atoms with van der Waals surface area (Å²) >= 11 is 5.50. The SMILES string of the molecule is COC(=O)C[C@H](NC(=O)c1cnc(Cl)cn1)C(=O)O. The molecule has 0 unspecified atom stereocenters. The molecule has 1 aromatic rings. The minimum Gasteiger partial charge on any atom is -0.480 e. The Morgan fingerprint density at radius 1 is 1.42 bits per heavy atom. The fraction of sp³-hybridized carbons (Fsp3) is 0.300. The van der Waals surface area contributed by atoms with Crippen molar-refractivity contribution in [2.75, 3.05) is 7.11 Å². The van der Waals surface area contributed by atoms with Gasteiger partial charge in [-0.2, -0.15) is 0 Å². The Bertz CT molecular complexity index is 490. The van der Waals surface area contributed by atoms with E-state index in [2.05, 4.69) is 20.0 Å². The lowest BCUT2D eigenvalue weighted by Crippen LogP contribution is -2.42. The zero-order chi connectivity index (χ0) is 14.4. The molecule has 0 fully saturated rings. The Morgan fingerprint density at radius 3 is 2.58 bits per heavy atom. The number of rotatable bonds is 5. The molecule has 19 heavy (non-hydrogen) atoms. The summed E-state index contributed by atoms with van der Waals surface area (Å²) in [5, 5.41) is 11.1. The van der Waals surface area contributed by atoms with Crippen molar-refractivity contribution in [3.8, 4) is 0 Å². The Labute approximate surface area is 112 Å². The first-order chi connectivity index (χ1) is 8.93. The van der Waals surface area contributed by atoms with Crippen LogP contribution in [0.5, 0.6) is 0 Å². The molecule has 0 aliphatic heterocycles. The smallest absolute Gasteiger partial charge is 0.326 e. The third kappa shape index (κ3) is 4.51. The van der Waals surface area contributed by atoms with Gasteiger partial charge in [0, 0.05) is 0 Å². The maximum Gasteiger partial charge on any atom is 0.326 e. The zero-order valence-electron chi connectivity index (χ0n) is 9.79. The predicted molar refractivity (Wildman–Crippen MR) is 62.6 cm³/mol. The second-order valence-electron chi connectivity index (χ2n) is 3.37. The molecule has 8 nitrogen and oxygen atoms in total. The van der Waals surface area contributed by atoms with Gasteiger partial charge in [-0.15, -0.1) is 0 Å². The van der Waals surface area contributed by atoms with Crippen molar-refractivity contribution in [1.29, 1.82) is 0 Å². The van der Waals surface area contributed by atoms with Crippen molar-refractivity contribution >= 4 is 29.4 Å². The van der Waals surface area contributed by atoms with Crippen LogP contribution in [0.25, 0.3) is 0 Å². The number of methoxy groups -OCH3 is 1. The molecule has 0 radical (unpaired) electrons. The molecule has 1 heterocycles. The first kappa shape index (κ1) is 14.8. The largest absolute Gasteiger partial charge is 0.480 e. The summed E-state index contributed by atoms with van der Waals surface area (Å²) in [6.45, 7) is 0. The number of nitrogens with one attached hydrogen (secondary N) is 1. The molecule has 1 atom stereocenters. The van der Waals surface area contributed by atoms with Crippen LogP contribution in [0.4, 0.5) is 0 Å². The average Bonchev–Trinajstić information content (AvgIpc) is 2.38. The van der Waals surface area contributed by atoms with Gasteiger partial charge in [0.2, 0.25) is 0 Å². The summed E-state index contributed by atoms with van der Waals surface area (Å²) in [6, 6.07) is -1.41. The zero-order valence-corrected chi connectivity index (χ0v) is 10.5. The van der Waals surface area contributed by atoms with E-state index < -0.39 is 30.3 Å². The molecule has 0 aliphatic rings. The molecule has 0 aliphatic carbocycles. The molecule has 1 amide bonds. The van der Waals surface area contributed by atoms with Crippen LogP contribution >= 0.6 is 11.6 Å². The molecule has 0 aromatic carbocycles. The predicted octanol–water partition coefficient (Wildman–Crippen LogP) is -0.124. The van der Waals surface area contributed by atoms with Gasteiger partial charge in [0.25, 0.3) is 5.91 Å². The van der Waals surface area contributed by atoms with Crippen LogP contribution in [-0.4, -0.2) is 46.1 Å². The summed E-state index contributed by atoms with van der Waals surface area (Å²) in [5.74, 6) is -2.89. The van der Waals surface area contributed by atoms with Gasteiger partial charge >= 0.3 is 11.9 Å². The number of esters is 1. The van der Waals surface area contributed by atoms with E-state index in [4.69, 9.17) is 16.7 Å². The quantitative estimate of drug-likeness (QED) is 0.724. The summed E-state index contributed by atoms with van der Waals surface area (Å²) in [5.41, 5.74) is -0.111. The lowest BCUT2D eigenvalue weighted by molar-refractivity contribution is -0.147. The van der Waals surface area contributed by atoms with E-state index in [0.29, 0.717) is 0 Å². The molecule has 0 bridgehead atoms. The topological polar surface area (TPSA) is 118 Å². The van der Waals surface area contributed by atoms with Crippen molar-refractivity contribution in [2.45, 2.75) is 12.5 Å². The monoisotopic (exact) mass is 287 g/mol. The van der Waals surface area contributed by atoms with Gasteiger partial charge in [0.1, 0.15) is 16.9 Å². The molecule has 0 spiro atoms. The fourth-order valence-corrected chi connectivity index (χ4v) is 1.21. The van der Waals surface area contributed by atoms with Crippen LogP contribution in [-0.2, 0) is 14.3 Å². The highest BCUT2D eigenvalue weighted by atomic mass is 35.5. The van der Waals surface area contributed by atoms with Crippen molar-refractivity contribution in [1.82, 2.24) is 15.3 Å². The first-order valence-electron chi connectivity index (χ1n) is 5.02. The number of amides is 1. The fourth-order valence-electron chi connectivity index (χ4n) is 1.11. The Hall–Kier alpha value is -2.22. The van der Waals surface area contributed by atoms with Crippen LogP contribution in [0.2, 0.25) is 5.15 Å². The number of carbonyl (C=O) groups excluding carboxylic acids is 2. The Morgan fingerprint density at radius 2 is 2.11 bits per heavy atom. The average molecular weight is 288 g/mol. The third-order valence-electron chi connectivity index (χ3n) is 2.05. The van der Waals surface area contributed by atoms with Crippen molar-refractivity contribution in [2.24, 2.45) is 0 Å². The minimum absolute atomic E-state index is 0.0981. The second-order valence-corrected chi connectivity index (χ2v) is 3.76. The van der Waals surface area contributed by atoms with Gasteiger partial charge in [0.05, 0.1) is 25.9 Å². The van der Waals surface area contributed by atoms with E-state index in [1.807, 2.05) is 0 Å². The van der Waals surface area contributed by atoms with Crippen LogP contribution in [0.15, 0.2) is 12.4 Å². The van der Waals surface area contributed by atoms with Gasteiger partial charge in [-0.1, -0.05) is 11.6 Å². The van der Waals surface area contributed by atoms with Gasteiger partial charge in [-0.3, -0.25) is 9.59 Å². The molecule has 2 N–H and O–H groups in total. The van der Waals surface area contributed by atoms with Crippen molar-refractivity contribution in [3.63, 3.8) is 0 Å². The number of hydrogen-bond acceptors (Lipinski definition) is 6. The molecule has 1 aromatic heterocycles. The van der Waals surface area contributed by atoms with Gasteiger partial charge in [0.15, 0.2) is 0 Å². The highest BCUT2D eigenvalue weighted by Crippen LogP contribution is 2.02. The summed E-state index contributed by atoms with van der Waals surface area (Å²) in [4.78, 5) is 40.9. The number of carbonyl (C=O) groups is 3. The molecule has 9 heteroatoms. The van der Waals surface area contributed by atoms with Crippen LogP contribution in [0, 0.1) is 0 Å². The molecule has 1 rings (SSSR count). The van der Waals surface area contributed by atoms with Crippen LogP contribution in [0.1, 0.15) is 16.9 Å². The molecular formula is C10H10ClN3O5. The number of aromatic nitrogens is 2. The van der Waals surface area contributed by atoms with Gasteiger partial charge < -0.3 is 15.2 Å². The van der Waals surface area contributed by atoms with E-state index in [0.717, 1.165) is 19.5 Å². The Balaban J connectivity index is 2.73. The normalized spacial score (nSPS) is 11.5. The lowest BCUT2D eigenvalue weighted by Gasteiger charge is -2.12. The van der Waals surface area contributed by atoms with Crippen LogP contribution in [0.3, 0.4) is 0 Å². The Kier molecular flexibility index (Phi) is 5.19. The van der Waals surface area contributed by atoms with Crippen molar-refractivity contribution < 1.29 is 24.2 Å². The number of carboxylic acids is 1. The number of ether oxygens (including phenoxy) is 1. The first-order valence-corrected chi connectivity index (χ1v) is 5.40.